The van der Waals surface area contributed by atoms with Gasteiger partial charge in [0.05, 0.1) is 6.04 Å². The van der Waals surface area contributed by atoms with E-state index in [9.17, 15) is 8.78 Å². The second-order valence-corrected chi connectivity index (χ2v) is 4.65. The van der Waals surface area contributed by atoms with Crippen molar-refractivity contribution in [1.29, 1.82) is 0 Å². The van der Waals surface area contributed by atoms with E-state index in [1.54, 1.807) is 13.1 Å². The van der Waals surface area contributed by atoms with Crippen LogP contribution in [0.5, 0.6) is 0 Å². The third-order valence-electron chi connectivity index (χ3n) is 3.36. The van der Waals surface area contributed by atoms with Gasteiger partial charge in [0.25, 0.3) is 0 Å². The quantitative estimate of drug-likeness (QED) is 0.911. The van der Waals surface area contributed by atoms with Crippen molar-refractivity contribution in [2.24, 2.45) is 0 Å². The standard InChI is InChI=1S/C15H19F2N3/c1-4-18-14(15-19-8-9-20(15)5-2)12-11(16)7-6-10(3)13(12)17/h6-9,14,18H,4-5H2,1-3H3. The fourth-order valence-electron chi connectivity index (χ4n) is 2.32. The zero-order valence-electron chi connectivity index (χ0n) is 12.0. The van der Waals surface area contributed by atoms with Crippen LogP contribution < -0.4 is 5.32 Å². The van der Waals surface area contributed by atoms with Crippen molar-refractivity contribution in [3.63, 3.8) is 0 Å². The number of aryl methyl sites for hydroxylation is 2. The molecular formula is C15H19F2N3. The van der Waals surface area contributed by atoms with Crippen LogP contribution >= 0.6 is 0 Å². The van der Waals surface area contributed by atoms with Crippen molar-refractivity contribution in [2.45, 2.75) is 33.4 Å². The van der Waals surface area contributed by atoms with Gasteiger partial charge in [0, 0.05) is 24.5 Å². The topological polar surface area (TPSA) is 29.9 Å². The number of hydrogen-bond acceptors (Lipinski definition) is 2. The van der Waals surface area contributed by atoms with Crippen molar-refractivity contribution in [1.82, 2.24) is 14.9 Å². The molecule has 2 rings (SSSR count). The molecule has 1 N–H and O–H groups in total. The Balaban J connectivity index is 2.57. The minimum absolute atomic E-state index is 0.0350. The van der Waals surface area contributed by atoms with E-state index >= 15 is 0 Å². The summed E-state index contributed by atoms with van der Waals surface area (Å²) in [4.78, 5) is 4.26. The highest BCUT2D eigenvalue weighted by Gasteiger charge is 2.25. The molecule has 0 saturated carbocycles. The minimum atomic E-state index is -0.588. The first-order chi connectivity index (χ1) is 9.60. The van der Waals surface area contributed by atoms with E-state index in [2.05, 4.69) is 10.3 Å². The van der Waals surface area contributed by atoms with Gasteiger partial charge < -0.3 is 9.88 Å². The molecule has 5 heteroatoms. The first-order valence-electron chi connectivity index (χ1n) is 6.79. The molecule has 3 nitrogen and oxygen atoms in total. The molecule has 0 aliphatic rings. The van der Waals surface area contributed by atoms with Gasteiger partial charge in [0.2, 0.25) is 0 Å². The van der Waals surface area contributed by atoms with Gasteiger partial charge >= 0.3 is 0 Å². The van der Waals surface area contributed by atoms with Crippen LogP contribution in [-0.4, -0.2) is 16.1 Å². The summed E-state index contributed by atoms with van der Waals surface area (Å²) in [5, 5.41) is 3.12. The summed E-state index contributed by atoms with van der Waals surface area (Å²) in [7, 11) is 0. The lowest BCUT2D eigenvalue weighted by Crippen LogP contribution is -2.27. The third-order valence-corrected chi connectivity index (χ3v) is 3.36. The van der Waals surface area contributed by atoms with Crippen molar-refractivity contribution < 1.29 is 8.78 Å². The van der Waals surface area contributed by atoms with Crippen LogP contribution in [0.25, 0.3) is 0 Å². The maximum absolute atomic E-state index is 14.3. The van der Waals surface area contributed by atoms with Gasteiger partial charge in [-0.2, -0.15) is 0 Å². The first-order valence-corrected chi connectivity index (χ1v) is 6.79. The Kier molecular flexibility index (Phi) is 4.49. The second-order valence-electron chi connectivity index (χ2n) is 4.65. The Morgan fingerprint density at radius 2 is 2.05 bits per heavy atom. The van der Waals surface area contributed by atoms with Crippen LogP contribution in [0.15, 0.2) is 24.5 Å². The average molecular weight is 279 g/mol. The molecule has 0 aliphatic heterocycles. The zero-order valence-corrected chi connectivity index (χ0v) is 12.0. The van der Waals surface area contributed by atoms with Gasteiger partial charge in [0.1, 0.15) is 17.5 Å². The van der Waals surface area contributed by atoms with Crippen LogP contribution in [-0.2, 0) is 6.54 Å². The molecule has 0 aliphatic carbocycles. The Bertz CT molecular complexity index is 593. The predicted octanol–water partition coefficient (Wildman–Crippen LogP) is 3.19. The number of imidazole rings is 1. The fourth-order valence-corrected chi connectivity index (χ4v) is 2.32. The Labute approximate surface area is 117 Å². The molecule has 1 aromatic carbocycles. The molecule has 1 unspecified atom stereocenters. The molecule has 1 atom stereocenters. The van der Waals surface area contributed by atoms with E-state index in [4.69, 9.17) is 0 Å². The van der Waals surface area contributed by atoms with E-state index in [0.717, 1.165) is 0 Å². The van der Waals surface area contributed by atoms with Crippen molar-refractivity contribution in [3.8, 4) is 0 Å². The minimum Gasteiger partial charge on any atom is -0.334 e. The largest absolute Gasteiger partial charge is 0.334 e. The van der Waals surface area contributed by atoms with Crippen LogP contribution in [0.3, 0.4) is 0 Å². The lowest BCUT2D eigenvalue weighted by molar-refractivity contribution is 0.483. The van der Waals surface area contributed by atoms with Gasteiger partial charge in [-0.05, 0) is 32.0 Å². The normalized spacial score (nSPS) is 12.7. The molecular weight excluding hydrogens is 260 g/mol. The molecule has 0 spiro atoms. The lowest BCUT2D eigenvalue weighted by atomic mass is 10.0. The van der Waals surface area contributed by atoms with Crippen LogP contribution in [0.1, 0.15) is 36.8 Å². The van der Waals surface area contributed by atoms with E-state index in [0.29, 0.717) is 24.5 Å². The smallest absolute Gasteiger partial charge is 0.134 e. The van der Waals surface area contributed by atoms with E-state index in [1.807, 2.05) is 24.6 Å². The summed E-state index contributed by atoms with van der Waals surface area (Å²) in [6, 6.07) is 2.16. The number of nitrogens with one attached hydrogen (secondary N) is 1. The predicted molar refractivity (Wildman–Crippen MR) is 74.5 cm³/mol. The van der Waals surface area contributed by atoms with Gasteiger partial charge in [-0.15, -0.1) is 0 Å². The lowest BCUT2D eigenvalue weighted by Gasteiger charge is -2.21. The monoisotopic (exact) mass is 279 g/mol. The molecule has 0 saturated heterocycles. The Morgan fingerprint density at radius 1 is 1.30 bits per heavy atom. The van der Waals surface area contributed by atoms with E-state index in [1.165, 1.54) is 12.1 Å². The Morgan fingerprint density at radius 3 is 2.70 bits per heavy atom. The zero-order chi connectivity index (χ0) is 14.7. The molecule has 0 amide bonds. The van der Waals surface area contributed by atoms with Crippen molar-refractivity contribution in [2.75, 3.05) is 6.54 Å². The second kappa shape index (κ2) is 6.13. The molecule has 108 valence electrons. The number of benzene rings is 1. The highest BCUT2D eigenvalue weighted by Crippen LogP contribution is 2.27. The summed E-state index contributed by atoms with van der Waals surface area (Å²) < 4.78 is 30.3. The molecule has 0 fully saturated rings. The highest BCUT2D eigenvalue weighted by atomic mass is 19.1. The molecule has 2 aromatic rings. The fraction of sp³-hybridized carbons (Fsp3) is 0.400. The van der Waals surface area contributed by atoms with Crippen LogP contribution in [0.2, 0.25) is 0 Å². The number of nitrogens with zero attached hydrogens (tertiary/aromatic N) is 2. The summed E-state index contributed by atoms with van der Waals surface area (Å²) in [5.41, 5.74) is 0.464. The summed E-state index contributed by atoms with van der Waals surface area (Å²) in [6.07, 6.45) is 3.46. The number of halogens is 2. The van der Waals surface area contributed by atoms with Crippen LogP contribution in [0.4, 0.5) is 8.78 Å². The first kappa shape index (κ1) is 14.7. The third kappa shape index (κ3) is 2.58. The van der Waals surface area contributed by atoms with Gasteiger partial charge in [-0.1, -0.05) is 13.0 Å². The highest BCUT2D eigenvalue weighted by molar-refractivity contribution is 5.33. The maximum atomic E-state index is 14.3. The average Bonchev–Trinajstić information content (AvgIpc) is 2.90. The van der Waals surface area contributed by atoms with E-state index in [-0.39, 0.29) is 5.56 Å². The molecule has 1 aromatic heterocycles. The SMILES string of the molecule is CCNC(c1c(F)ccc(C)c1F)c1nccn1CC. The summed E-state index contributed by atoms with van der Waals surface area (Å²) in [6.45, 7) is 6.79. The van der Waals surface area contributed by atoms with Crippen LogP contribution in [0, 0.1) is 18.6 Å². The van der Waals surface area contributed by atoms with Crippen molar-refractivity contribution >= 4 is 0 Å². The number of hydrogen-bond donors (Lipinski definition) is 1. The van der Waals surface area contributed by atoms with Crippen molar-refractivity contribution in [3.05, 3.63) is 53.1 Å². The number of aromatic nitrogens is 2. The van der Waals surface area contributed by atoms with Gasteiger partial charge in [0.15, 0.2) is 0 Å². The maximum Gasteiger partial charge on any atom is 0.134 e. The molecule has 0 bridgehead atoms. The number of rotatable bonds is 5. The Hall–Kier alpha value is -1.75. The van der Waals surface area contributed by atoms with Gasteiger partial charge in [-0.25, -0.2) is 13.8 Å². The summed E-state index contributed by atoms with van der Waals surface area (Å²) in [5.74, 6) is -0.441. The molecule has 0 radical (unpaired) electrons. The van der Waals surface area contributed by atoms with Gasteiger partial charge in [-0.3, -0.25) is 0 Å². The summed E-state index contributed by atoms with van der Waals surface area (Å²) >= 11 is 0. The molecule has 20 heavy (non-hydrogen) atoms. The molecule has 1 heterocycles. The van der Waals surface area contributed by atoms with E-state index < -0.39 is 17.7 Å².